The van der Waals surface area contributed by atoms with Gasteiger partial charge in [0, 0.05) is 6.54 Å². The zero-order valence-electron chi connectivity index (χ0n) is 18.7. The van der Waals surface area contributed by atoms with Crippen LogP contribution in [0.4, 0.5) is 9.59 Å². The summed E-state index contributed by atoms with van der Waals surface area (Å²) in [5.74, 6) is -0.293. The molecular formula is C24H23N3O8. The quantitative estimate of drug-likeness (QED) is 0.249. The summed E-state index contributed by atoms with van der Waals surface area (Å²) in [4.78, 5) is 38.2. The first kappa shape index (κ1) is 26.5. The minimum absolute atomic E-state index is 0.0817. The van der Waals surface area contributed by atoms with Gasteiger partial charge in [-0.05, 0) is 43.5 Å². The summed E-state index contributed by atoms with van der Waals surface area (Å²) in [7, 11) is 0. The van der Waals surface area contributed by atoms with Crippen LogP contribution in [-0.2, 0) is 19.0 Å². The van der Waals surface area contributed by atoms with Crippen molar-refractivity contribution in [2.24, 2.45) is 0 Å². The molecule has 0 saturated carbocycles. The highest BCUT2D eigenvalue weighted by atomic mass is 16.6. The summed E-state index contributed by atoms with van der Waals surface area (Å²) in [5.41, 5.74) is 0. The molecule has 2 amide bonds. The number of imide groups is 1. The van der Waals surface area contributed by atoms with Gasteiger partial charge in [-0.1, -0.05) is 36.4 Å². The number of esters is 1. The van der Waals surface area contributed by atoms with Gasteiger partial charge in [-0.25, -0.2) is 19.3 Å². The predicted molar refractivity (Wildman–Crippen MR) is 118 cm³/mol. The number of hydrogen-bond donors (Lipinski definition) is 0. The second-order valence-electron chi connectivity index (χ2n) is 6.81. The summed E-state index contributed by atoms with van der Waals surface area (Å²) >= 11 is 0. The Balaban J connectivity index is 1.95. The van der Waals surface area contributed by atoms with Crippen molar-refractivity contribution in [2.75, 3.05) is 19.8 Å². The average Bonchev–Trinajstić information content (AvgIpc) is 2.86. The predicted octanol–water partition coefficient (Wildman–Crippen LogP) is 3.76. The van der Waals surface area contributed by atoms with E-state index in [9.17, 15) is 14.4 Å². The molecule has 0 bridgehead atoms. The summed E-state index contributed by atoms with van der Waals surface area (Å²) in [5, 5.41) is 17.1. The van der Waals surface area contributed by atoms with E-state index in [4.69, 9.17) is 29.5 Å². The Hall–Kier alpha value is -4.77. The topological polar surface area (TPSA) is 148 Å². The van der Waals surface area contributed by atoms with Crippen molar-refractivity contribution in [3.05, 3.63) is 60.7 Å². The maximum Gasteiger partial charge on any atom is 0.424 e. The number of ether oxygens (including phenoxy) is 5. The zero-order chi connectivity index (χ0) is 25.3. The maximum absolute atomic E-state index is 12.7. The third-order valence-corrected chi connectivity index (χ3v) is 4.39. The zero-order valence-corrected chi connectivity index (χ0v) is 18.7. The third kappa shape index (κ3) is 9.72. The lowest BCUT2D eigenvalue weighted by atomic mass is 10.1. The Kier molecular flexibility index (Phi) is 11.5. The van der Waals surface area contributed by atoms with Crippen LogP contribution >= 0.6 is 0 Å². The van der Waals surface area contributed by atoms with Gasteiger partial charge >= 0.3 is 18.2 Å². The molecule has 2 aromatic rings. The van der Waals surface area contributed by atoms with Crippen LogP contribution in [0.2, 0.25) is 0 Å². The van der Waals surface area contributed by atoms with Crippen LogP contribution in [0, 0.1) is 23.0 Å². The first-order valence-corrected chi connectivity index (χ1v) is 10.6. The van der Waals surface area contributed by atoms with Gasteiger partial charge < -0.3 is 23.7 Å². The minimum atomic E-state index is -1.18. The highest BCUT2D eigenvalue weighted by molar-refractivity contribution is 5.89. The molecular weight excluding hydrogens is 458 g/mol. The molecule has 0 aliphatic carbocycles. The lowest BCUT2D eigenvalue weighted by Gasteiger charge is -2.20. The molecule has 0 aromatic heterocycles. The number of hydrogen-bond acceptors (Lipinski definition) is 10. The van der Waals surface area contributed by atoms with Gasteiger partial charge in [-0.15, -0.1) is 0 Å². The van der Waals surface area contributed by atoms with Crippen LogP contribution in [0.25, 0.3) is 0 Å². The first-order valence-electron chi connectivity index (χ1n) is 10.6. The summed E-state index contributed by atoms with van der Waals surface area (Å²) in [6.07, 6.45) is 0.482. The SMILES string of the molecule is N#COCCOC(=O)C(CCCCN(C(=O)Oc1ccccc1)C(=O)Oc1ccccc1)OC#N. The molecule has 0 saturated heterocycles. The Bertz CT molecular complexity index is 981. The van der Waals surface area contributed by atoms with E-state index in [1.807, 2.05) is 0 Å². The van der Waals surface area contributed by atoms with Gasteiger partial charge in [0.25, 0.3) is 12.5 Å². The molecule has 2 rings (SSSR count). The van der Waals surface area contributed by atoms with E-state index in [0.717, 1.165) is 4.90 Å². The number of para-hydroxylation sites is 2. The highest BCUT2D eigenvalue weighted by Crippen LogP contribution is 2.15. The molecule has 0 radical (unpaired) electrons. The Morgan fingerprint density at radius 1 is 0.800 bits per heavy atom. The van der Waals surface area contributed by atoms with E-state index in [1.165, 1.54) is 12.5 Å². The summed E-state index contributed by atoms with van der Waals surface area (Å²) in [6, 6.07) is 16.5. The van der Waals surface area contributed by atoms with E-state index < -0.39 is 24.3 Å². The molecule has 1 atom stereocenters. The van der Waals surface area contributed by atoms with Crippen molar-refractivity contribution in [1.82, 2.24) is 4.90 Å². The Morgan fingerprint density at radius 2 is 1.37 bits per heavy atom. The van der Waals surface area contributed by atoms with Crippen molar-refractivity contribution in [3.8, 4) is 24.0 Å². The third-order valence-electron chi connectivity index (χ3n) is 4.39. The van der Waals surface area contributed by atoms with Crippen molar-refractivity contribution in [3.63, 3.8) is 0 Å². The number of unbranched alkanes of at least 4 members (excludes halogenated alkanes) is 1. The number of carbonyl (C=O) groups excluding carboxylic acids is 3. The van der Waals surface area contributed by atoms with E-state index in [1.54, 1.807) is 60.7 Å². The van der Waals surface area contributed by atoms with Crippen LogP contribution in [0.3, 0.4) is 0 Å². The van der Waals surface area contributed by atoms with E-state index in [-0.39, 0.29) is 44.1 Å². The van der Waals surface area contributed by atoms with Crippen molar-refractivity contribution in [2.45, 2.75) is 25.4 Å². The van der Waals surface area contributed by atoms with Crippen LogP contribution in [0.1, 0.15) is 19.3 Å². The maximum atomic E-state index is 12.7. The summed E-state index contributed by atoms with van der Waals surface area (Å²) in [6.45, 7) is -0.382. The van der Waals surface area contributed by atoms with E-state index in [2.05, 4.69) is 4.74 Å². The second kappa shape index (κ2) is 15.1. The van der Waals surface area contributed by atoms with Gasteiger partial charge in [0.15, 0.2) is 0 Å². The number of nitriles is 2. The minimum Gasteiger partial charge on any atom is -0.459 e. The van der Waals surface area contributed by atoms with Crippen molar-refractivity contribution >= 4 is 18.2 Å². The average molecular weight is 481 g/mol. The number of nitrogens with zero attached hydrogens (tertiary/aromatic N) is 3. The van der Waals surface area contributed by atoms with Gasteiger partial charge in [0.1, 0.15) is 24.7 Å². The van der Waals surface area contributed by atoms with Gasteiger partial charge in [0.2, 0.25) is 6.10 Å². The molecule has 35 heavy (non-hydrogen) atoms. The van der Waals surface area contributed by atoms with E-state index >= 15 is 0 Å². The summed E-state index contributed by atoms with van der Waals surface area (Å²) < 4.78 is 24.6. The fourth-order valence-electron chi connectivity index (χ4n) is 2.76. The molecule has 2 aromatic carbocycles. The lowest BCUT2D eigenvalue weighted by molar-refractivity contribution is -0.154. The monoisotopic (exact) mass is 481 g/mol. The van der Waals surface area contributed by atoms with Gasteiger partial charge in [-0.2, -0.15) is 10.5 Å². The molecule has 182 valence electrons. The van der Waals surface area contributed by atoms with Crippen LogP contribution in [0.15, 0.2) is 60.7 Å². The van der Waals surface area contributed by atoms with E-state index in [0.29, 0.717) is 6.42 Å². The number of carbonyl (C=O) groups is 3. The normalized spacial score (nSPS) is 10.6. The molecule has 0 N–H and O–H groups in total. The van der Waals surface area contributed by atoms with Crippen molar-refractivity contribution in [1.29, 1.82) is 10.5 Å². The second-order valence-corrected chi connectivity index (χ2v) is 6.81. The fourth-order valence-corrected chi connectivity index (χ4v) is 2.76. The standard InChI is InChI=1S/C24H23N3O8/c25-17-31-15-16-32-22(28)21(33-18-26)13-7-8-14-27(23(29)34-19-9-3-1-4-10-19)24(30)35-20-11-5-2-6-12-20/h1-6,9-12,21H,7-8,13-16H2. The van der Waals surface area contributed by atoms with Gasteiger partial charge in [-0.3, -0.25) is 0 Å². The molecule has 0 spiro atoms. The lowest BCUT2D eigenvalue weighted by Crippen LogP contribution is -2.41. The van der Waals surface area contributed by atoms with Gasteiger partial charge in [0.05, 0.1) is 0 Å². The number of rotatable bonds is 12. The fraction of sp³-hybridized carbons (Fsp3) is 0.292. The number of benzene rings is 2. The van der Waals surface area contributed by atoms with Crippen LogP contribution in [-0.4, -0.2) is 48.9 Å². The number of amides is 2. The smallest absolute Gasteiger partial charge is 0.424 e. The largest absolute Gasteiger partial charge is 0.459 e. The van der Waals surface area contributed by atoms with Crippen LogP contribution < -0.4 is 9.47 Å². The highest BCUT2D eigenvalue weighted by Gasteiger charge is 2.27. The molecule has 1 unspecified atom stereocenters. The molecule has 11 nitrogen and oxygen atoms in total. The molecule has 0 heterocycles. The molecule has 11 heteroatoms. The first-order chi connectivity index (χ1) is 17.0. The molecule has 0 aliphatic rings. The molecule has 0 aliphatic heterocycles. The van der Waals surface area contributed by atoms with Crippen LogP contribution in [0.5, 0.6) is 11.5 Å². The van der Waals surface area contributed by atoms with Crippen molar-refractivity contribution < 1.29 is 38.1 Å². The molecule has 0 fully saturated rings. The Labute approximate surface area is 201 Å². The Morgan fingerprint density at radius 3 is 1.89 bits per heavy atom.